The molecule has 4 aliphatic heterocycles. The van der Waals surface area contributed by atoms with Crippen LogP contribution in [0.3, 0.4) is 0 Å². The van der Waals surface area contributed by atoms with Gasteiger partial charge in [-0.25, -0.2) is 4.99 Å². The number of phenols is 1. The zero-order chi connectivity index (χ0) is 30.3. The number of aromatic hydroxyl groups is 1. The molecule has 7 rings (SSSR count). The Balaban J connectivity index is 1.79. The van der Waals surface area contributed by atoms with Gasteiger partial charge in [0.25, 0.3) is 10.1 Å². The van der Waals surface area contributed by atoms with Gasteiger partial charge in [-0.1, -0.05) is 60.7 Å². The van der Waals surface area contributed by atoms with E-state index in [2.05, 4.69) is 4.99 Å². The van der Waals surface area contributed by atoms with Gasteiger partial charge in [0.15, 0.2) is 5.96 Å². The molecule has 3 aromatic carbocycles. The van der Waals surface area contributed by atoms with Gasteiger partial charge in [0.1, 0.15) is 11.5 Å². The van der Waals surface area contributed by atoms with Crippen molar-refractivity contribution in [3.05, 3.63) is 107 Å². The molecule has 0 radical (unpaired) electrons. The molecule has 224 valence electrons. The topological polar surface area (TPSA) is 189 Å². The van der Waals surface area contributed by atoms with Gasteiger partial charge in [0.2, 0.25) is 5.72 Å². The van der Waals surface area contributed by atoms with E-state index in [4.69, 9.17) is 16.2 Å². The first-order chi connectivity index (χ1) is 20.0. The molecule has 0 amide bonds. The van der Waals surface area contributed by atoms with Crippen molar-refractivity contribution in [2.75, 3.05) is 6.61 Å². The second-order valence-corrected chi connectivity index (χ2v) is 12.1. The molecule has 0 spiro atoms. The number of allylic oxidation sites excluding steroid dienone is 1. The average molecular weight is 596 g/mol. The number of rotatable bonds is 8. The SMILES string of the molecule is NC(N)=N[C@]1(CCCO)Oc2ccc(cc2)CC[C@@H](S(=O)(=O)O)[C@H](/C=C/[C@@H](O)c2ccc(O)cc2)Cc2ccc1cc2. The zero-order valence-corrected chi connectivity index (χ0v) is 23.9. The van der Waals surface area contributed by atoms with E-state index in [1.165, 1.54) is 18.2 Å². The minimum Gasteiger partial charge on any atom is -0.508 e. The predicted molar refractivity (Wildman–Crippen MR) is 160 cm³/mol. The van der Waals surface area contributed by atoms with Crippen molar-refractivity contribution < 1.29 is 33.0 Å². The summed E-state index contributed by atoms with van der Waals surface area (Å²) in [6.07, 6.45) is 3.46. The van der Waals surface area contributed by atoms with Gasteiger partial charge < -0.3 is 31.5 Å². The van der Waals surface area contributed by atoms with Crippen LogP contribution in [0.1, 0.15) is 47.6 Å². The quantitative estimate of drug-likeness (QED) is 0.0982. The van der Waals surface area contributed by atoms with E-state index < -0.39 is 33.1 Å². The molecule has 0 fully saturated rings. The standard InChI is InChI=1S/C31H37N3O7S/c32-30(33)34-31(18-1-19-35)25-10-2-22(3-11-25)20-24(9-16-28(37)23-7-12-26(36)13-8-23)29(42(38,39)40)17-6-21-4-14-27(41-31)15-5-21/h2-5,7-16,24,28-29,35-37H,1,6,17-20H2,(H4,32,33,34)(H,38,39,40)/b16-9+/t24-,28-,29-,31-/m1/s1. The summed E-state index contributed by atoms with van der Waals surface area (Å²) < 4.78 is 42.1. The minimum absolute atomic E-state index is 0.0605. The van der Waals surface area contributed by atoms with E-state index in [0.717, 1.165) is 11.1 Å². The van der Waals surface area contributed by atoms with Gasteiger partial charge in [0.05, 0.1) is 11.4 Å². The molecule has 0 unspecified atom stereocenters. The number of ether oxygens (including phenoxy) is 1. The lowest BCUT2D eigenvalue weighted by atomic mass is 9.90. The molecular formula is C31H37N3O7S. The van der Waals surface area contributed by atoms with Crippen molar-refractivity contribution in [2.24, 2.45) is 22.4 Å². The molecule has 3 aromatic rings. The highest BCUT2D eigenvalue weighted by Crippen LogP contribution is 2.36. The fraction of sp³-hybridized carbons (Fsp3) is 0.323. The Morgan fingerprint density at radius 3 is 2.26 bits per heavy atom. The van der Waals surface area contributed by atoms with Crippen LogP contribution in [-0.2, 0) is 28.7 Å². The molecule has 0 aliphatic carbocycles. The molecule has 8 N–H and O–H groups in total. The van der Waals surface area contributed by atoms with E-state index in [1.807, 2.05) is 24.3 Å². The Kier molecular flexibility index (Phi) is 9.89. The van der Waals surface area contributed by atoms with Crippen molar-refractivity contribution in [1.82, 2.24) is 0 Å². The number of aliphatic hydroxyl groups is 2. The van der Waals surface area contributed by atoms with Crippen LogP contribution in [-0.4, -0.2) is 46.1 Å². The molecular weight excluding hydrogens is 558 g/mol. The summed E-state index contributed by atoms with van der Waals surface area (Å²) in [4.78, 5) is 4.46. The number of hydrogen-bond donors (Lipinski definition) is 6. The number of phenolic OH excluding ortho intramolecular Hbond substituents is 1. The van der Waals surface area contributed by atoms with Crippen LogP contribution in [0.4, 0.5) is 0 Å². The summed E-state index contributed by atoms with van der Waals surface area (Å²) >= 11 is 0. The lowest BCUT2D eigenvalue weighted by molar-refractivity contribution is 0.0577. The van der Waals surface area contributed by atoms with Crippen LogP contribution >= 0.6 is 0 Å². The highest BCUT2D eigenvalue weighted by Gasteiger charge is 2.35. The molecule has 4 atom stereocenters. The Labute approximate surface area is 245 Å². The summed E-state index contributed by atoms with van der Waals surface area (Å²) in [6, 6.07) is 20.4. The fourth-order valence-corrected chi connectivity index (χ4v) is 6.31. The van der Waals surface area contributed by atoms with Crippen LogP contribution in [0, 0.1) is 5.92 Å². The second-order valence-electron chi connectivity index (χ2n) is 10.5. The van der Waals surface area contributed by atoms with Crippen LogP contribution < -0.4 is 16.2 Å². The number of benzene rings is 3. The van der Waals surface area contributed by atoms with Gasteiger partial charge in [-0.2, -0.15) is 8.42 Å². The van der Waals surface area contributed by atoms with Crippen LogP contribution in [0.25, 0.3) is 0 Å². The third kappa shape index (κ3) is 7.89. The van der Waals surface area contributed by atoms with Gasteiger partial charge in [-0.15, -0.1) is 0 Å². The predicted octanol–water partition coefficient (Wildman–Crippen LogP) is 3.32. The Morgan fingerprint density at radius 1 is 1.02 bits per heavy atom. The molecule has 0 saturated heterocycles. The summed E-state index contributed by atoms with van der Waals surface area (Å²) in [5, 5.41) is 28.8. The maximum Gasteiger partial charge on any atom is 0.268 e. The number of aliphatic hydroxyl groups excluding tert-OH is 2. The van der Waals surface area contributed by atoms with Crippen molar-refractivity contribution in [3.8, 4) is 11.5 Å². The Hall–Kier alpha value is -3.90. The molecule has 0 saturated carbocycles. The molecule has 10 nitrogen and oxygen atoms in total. The smallest absolute Gasteiger partial charge is 0.268 e. The van der Waals surface area contributed by atoms with E-state index in [9.17, 15) is 28.3 Å². The molecule has 11 heteroatoms. The lowest BCUT2D eigenvalue weighted by Gasteiger charge is -2.31. The highest BCUT2D eigenvalue weighted by molar-refractivity contribution is 7.86. The molecule has 4 bridgehead atoms. The molecule has 4 heterocycles. The number of hydrogen-bond acceptors (Lipinski definition) is 7. The van der Waals surface area contributed by atoms with Crippen LogP contribution in [0.2, 0.25) is 0 Å². The first-order valence-corrected chi connectivity index (χ1v) is 15.2. The molecule has 0 aromatic heterocycles. The van der Waals surface area contributed by atoms with Gasteiger partial charge in [-0.3, -0.25) is 4.55 Å². The first kappa shape index (κ1) is 31.0. The van der Waals surface area contributed by atoms with E-state index in [-0.39, 0.29) is 37.6 Å². The average Bonchev–Trinajstić information content (AvgIpc) is 2.95. The minimum atomic E-state index is -4.48. The van der Waals surface area contributed by atoms with Crippen LogP contribution in [0.5, 0.6) is 11.5 Å². The van der Waals surface area contributed by atoms with E-state index in [1.54, 1.807) is 42.5 Å². The van der Waals surface area contributed by atoms with E-state index in [0.29, 0.717) is 29.7 Å². The largest absolute Gasteiger partial charge is 0.508 e. The third-order valence-corrected chi connectivity index (χ3v) is 8.77. The first-order valence-electron chi connectivity index (χ1n) is 13.7. The monoisotopic (exact) mass is 595 g/mol. The van der Waals surface area contributed by atoms with E-state index >= 15 is 0 Å². The zero-order valence-electron chi connectivity index (χ0n) is 23.1. The van der Waals surface area contributed by atoms with Crippen molar-refractivity contribution in [2.45, 2.75) is 49.2 Å². The maximum atomic E-state index is 12.7. The number of aliphatic imine (C=N–C) groups is 1. The fourth-order valence-electron chi connectivity index (χ4n) is 5.26. The number of aryl methyl sites for hydroxylation is 1. The number of nitrogens with zero attached hydrogens (tertiary/aromatic N) is 1. The van der Waals surface area contributed by atoms with Gasteiger partial charge >= 0.3 is 0 Å². The van der Waals surface area contributed by atoms with Crippen molar-refractivity contribution in [1.29, 1.82) is 0 Å². The second kappa shape index (κ2) is 13.4. The summed E-state index contributed by atoms with van der Waals surface area (Å²) in [7, 11) is -4.48. The van der Waals surface area contributed by atoms with Gasteiger partial charge in [-0.05, 0) is 66.6 Å². The molecule has 4 aliphatic rings. The highest BCUT2D eigenvalue weighted by atomic mass is 32.2. The summed E-state index contributed by atoms with van der Waals surface area (Å²) in [5.74, 6) is -0.323. The lowest BCUT2D eigenvalue weighted by Crippen LogP contribution is -2.37. The summed E-state index contributed by atoms with van der Waals surface area (Å²) in [5.41, 5.74) is 13.1. The van der Waals surface area contributed by atoms with Crippen LogP contribution in [0.15, 0.2) is 89.9 Å². The number of nitrogens with two attached hydrogens (primary N) is 2. The third-order valence-electron chi connectivity index (χ3n) is 7.42. The van der Waals surface area contributed by atoms with Crippen molar-refractivity contribution >= 4 is 16.1 Å². The maximum absolute atomic E-state index is 12.7. The molecule has 42 heavy (non-hydrogen) atoms. The number of guanidine groups is 1. The van der Waals surface area contributed by atoms with Crippen molar-refractivity contribution in [3.63, 3.8) is 0 Å². The van der Waals surface area contributed by atoms with Gasteiger partial charge in [0, 0.05) is 24.5 Å². The Bertz CT molecular complexity index is 1490. The normalized spacial score (nSPS) is 21.8. The summed E-state index contributed by atoms with van der Waals surface area (Å²) in [6.45, 7) is -0.0941. The Morgan fingerprint density at radius 2 is 1.67 bits per heavy atom.